The predicted octanol–water partition coefficient (Wildman–Crippen LogP) is 3.88. The van der Waals surface area contributed by atoms with E-state index in [9.17, 15) is 4.79 Å². The summed E-state index contributed by atoms with van der Waals surface area (Å²) in [5.41, 5.74) is 1.90. The molecule has 4 aromatic rings. The molecule has 1 aromatic carbocycles. The number of nitrogens with one attached hydrogen (secondary N) is 1. The Morgan fingerprint density at radius 1 is 1.17 bits per heavy atom. The first-order valence-electron chi connectivity index (χ1n) is 8.84. The summed E-state index contributed by atoms with van der Waals surface area (Å²) < 4.78 is 15.9. The summed E-state index contributed by atoms with van der Waals surface area (Å²) in [6.45, 7) is 1.99. The lowest BCUT2D eigenvalue weighted by atomic mass is 10.2. The molecule has 0 aliphatic carbocycles. The largest absolute Gasteiger partial charge is 0.459 e. The van der Waals surface area contributed by atoms with Gasteiger partial charge in [0.15, 0.2) is 11.6 Å². The lowest BCUT2D eigenvalue weighted by molar-refractivity contribution is -0.116. The van der Waals surface area contributed by atoms with Crippen LogP contribution < -0.4 is 5.32 Å². The van der Waals surface area contributed by atoms with E-state index in [2.05, 4.69) is 25.7 Å². The van der Waals surface area contributed by atoms with Crippen LogP contribution in [0.1, 0.15) is 23.7 Å². The molecule has 1 amide bonds. The van der Waals surface area contributed by atoms with E-state index in [-0.39, 0.29) is 12.3 Å². The molecule has 0 aliphatic heterocycles. The van der Waals surface area contributed by atoms with Crippen molar-refractivity contribution in [3.8, 4) is 11.7 Å². The third kappa shape index (κ3) is 5.11. The highest BCUT2D eigenvalue weighted by molar-refractivity contribution is 7.98. The Balaban J connectivity index is 1.24. The van der Waals surface area contributed by atoms with Gasteiger partial charge in [0.2, 0.25) is 11.8 Å². The fraction of sp³-hybridized carbons (Fsp3) is 0.211. The molecule has 148 valence electrons. The SMILES string of the molecule is Cc1ccc(NC(=O)CCc2nc(CSc3nnc(-c4ccco4)o3)no2)cc1. The quantitative estimate of drug-likeness (QED) is 0.430. The minimum absolute atomic E-state index is 0.112. The second kappa shape index (κ2) is 8.74. The molecule has 4 rings (SSSR count). The zero-order chi connectivity index (χ0) is 20.1. The Morgan fingerprint density at radius 2 is 2.03 bits per heavy atom. The van der Waals surface area contributed by atoms with Crippen LogP contribution >= 0.6 is 11.8 Å². The number of aryl methyl sites for hydroxylation is 2. The zero-order valence-corrected chi connectivity index (χ0v) is 16.3. The van der Waals surface area contributed by atoms with Gasteiger partial charge in [-0.25, -0.2) is 0 Å². The molecule has 0 fully saturated rings. The van der Waals surface area contributed by atoms with E-state index in [0.29, 0.717) is 40.8 Å². The molecule has 0 saturated carbocycles. The number of hydrogen-bond acceptors (Lipinski definition) is 9. The van der Waals surface area contributed by atoms with Gasteiger partial charge in [-0.1, -0.05) is 34.6 Å². The van der Waals surface area contributed by atoms with Crippen LogP contribution in [0.5, 0.6) is 0 Å². The monoisotopic (exact) mass is 411 g/mol. The number of thioether (sulfide) groups is 1. The maximum absolute atomic E-state index is 12.0. The first kappa shape index (κ1) is 18.9. The third-order valence-corrected chi connectivity index (χ3v) is 4.69. The Hall–Kier alpha value is -3.40. The fourth-order valence-electron chi connectivity index (χ4n) is 2.43. The van der Waals surface area contributed by atoms with Crippen molar-refractivity contribution in [3.63, 3.8) is 0 Å². The van der Waals surface area contributed by atoms with Crippen molar-refractivity contribution in [2.75, 3.05) is 5.32 Å². The van der Waals surface area contributed by atoms with Crippen molar-refractivity contribution in [1.29, 1.82) is 0 Å². The molecule has 0 saturated heterocycles. The van der Waals surface area contributed by atoms with Crippen molar-refractivity contribution >= 4 is 23.4 Å². The van der Waals surface area contributed by atoms with E-state index < -0.39 is 0 Å². The maximum atomic E-state index is 12.0. The van der Waals surface area contributed by atoms with Gasteiger partial charge in [-0.2, -0.15) is 4.98 Å². The van der Waals surface area contributed by atoms with Gasteiger partial charge in [-0.3, -0.25) is 4.79 Å². The molecule has 0 aliphatic rings. The molecule has 3 aromatic heterocycles. The van der Waals surface area contributed by atoms with E-state index in [1.165, 1.54) is 18.0 Å². The highest BCUT2D eigenvalue weighted by atomic mass is 32.2. The van der Waals surface area contributed by atoms with Crippen LogP contribution in [-0.2, 0) is 17.0 Å². The molecule has 0 radical (unpaired) electrons. The highest BCUT2D eigenvalue weighted by Crippen LogP contribution is 2.25. The summed E-state index contributed by atoms with van der Waals surface area (Å²) in [7, 11) is 0. The van der Waals surface area contributed by atoms with Crippen LogP contribution in [-0.4, -0.2) is 26.2 Å². The smallest absolute Gasteiger partial charge is 0.284 e. The first-order valence-corrected chi connectivity index (χ1v) is 9.82. The van der Waals surface area contributed by atoms with E-state index >= 15 is 0 Å². The van der Waals surface area contributed by atoms with Crippen molar-refractivity contribution in [2.45, 2.75) is 30.7 Å². The molecular formula is C19H17N5O4S. The summed E-state index contributed by atoms with van der Waals surface area (Å²) >= 11 is 1.29. The van der Waals surface area contributed by atoms with Crippen molar-refractivity contribution in [2.24, 2.45) is 0 Å². The van der Waals surface area contributed by atoms with Crippen LogP contribution in [0, 0.1) is 6.92 Å². The second-order valence-corrected chi connectivity index (χ2v) is 7.08. The van der Waals surface area contributed by atoms with Gasteiger partial charge in [-0.05, 0) is 31.2 Å². The predicted molar refractivity (Wildman–Crippen MR) is 104 cm³/mol. The van der Waals surface area contributed by atoms with Crippen molar-refractivity contribution in [3.05, 3.63) is 59.9 Å². The number of nitrogens with zero attached hydrogens (tertiary/aromatic N) is 4. The standard InChI is InChI=1S/C19H17N5O4S/c1-12-4-6-13(7-5-12)20-16(25)8-9-17-21-15(24-28-17)11-29-19-23-22-18(27-19)14-3-2-10-26-14/h2-7,10H,8-9,11H2,1H3,(H,20,25). The number of rotatable bonds is 8. The maximum Gasteiger partial charge on any atom is 0.284 e. The van der Waals surface area contributed by atoms with Crippen molar-refractivity contribution < 1.29 is 18.2 Å². The number of benzene rings is 1. The number of furan rings is 1. The zero-order valence-electron chi connectivity index (χ0n) is 15.5. The molecule has 1 N–H and O–H groups in total. The average Bonchev–Trinajstić information content (AvgIpc) is 3.47. The van der Waals surface area contributed by atoms with Crippen molar-refractivity contribution in [1.82, 2.24) is 20.3 Å². The second-order valence-electron chi connectivity index (χ2n) is 6.16. The van der Waals surface area contributed by atoms with Gasteiger partial charge in [0.1, 0.15) is 0 Å². The Kier molecular flexibility index (Phi) is 5.71. The third-order valence-electron chi connectivity index (χ3n) is 3.87. The van der Waals surface area contributed by atoms with E-state index in [4.69, 9.17) is 13.4 Å². The first-order chi connectivity index (χ1) is 14.2. The lowest BCUT2D eigenvalue weighted by Crippen LogP contribution is -2.12. The van der Waals surface area contributed by atoms with Gasteiger partial charge in [0, 0.05) is 18.5 Å². The molecule has 0 atom stereocenters. The number of anilines is 1. The van der Waals surface area contributed by atoms with Gasteiger partial charge in [0.05, 0.1) is 12.0 Å². The number of aromatic nitrogens is 4. The van der Waals surface area contributed by atoms with Gasteiger partial charge in [-0.15, -0.1) is 10.2 Å². The molecular weight excluding hydrogens is 394 g/mol. The van der Waals surface area contributed by atoms with Crippen LogP contribution in [0.4, 0.5) is 5.69 Å². The van der Waals surface area contributed by atoms with Gasteiger partial charge < -0.3 is 18.7 Å². The lowest BCUT2D eigenvalue weighted by Gasteiger charge is -2.04. The van der Waals surface area contributed by atoms with E-state index in [1.54, 1.807) is 12.1 Å². The Morgan fingerprint density at radius 3 is 2.83 bits per heavy atom. The molecule has 9 nitrogen and oxygen atoms in total. The number of hydrogen-bond donors (Lipinski definition) is 1. The molecule has 0 spiro atoms. The molecule has 3 heterocycles. The number of carbonyl (C=O) groups excluding carboxylic acids is 1. The minimum Gasteiger partial charge on any atom is -0.459 e. The summed E-state index contributed by atoms with van der Waals surface area (Å²) in [4.78, 5) is 16.3. The fourth-order valence-corrected chi connectivity index (χ4v) is 3.03. The van der Waals surface area contributed by atoms with E-state index in [0.717, 1.165) is 11.3 Å². The van der Waals surface area contributed by atoms with Crippen LogP contribution in [0.3, 0.4) is 0 Å². The van der Waals surface area contributed by atoms with Gasteiger partial charge in [0.25, 0.3) is 11.1 Å². The summed E-state index contributed by atoms with van der Waals surface area (Å²) in [6.07, 6.45) is 2.14. The number of carbonyl (C=O) groups is 1. The van der Waals surface area contributed by atoms with Crippen LogP contribution in [0.2, 0.25) is 0 Å². The molecule has 0 unspecified atom stereocenters. The molecule has 10 heteroatoms. The normalized spacial score (nSPS) is 10.9. The van der Waals surface area contributed by atoms with Crippen LogP contribution in [0.25, 0.3) is 11.7 Å². The molecule has 0 bridgehead atoms. The highest BCUT2D eigenvalue weighted by Gasteiger charge is 2.14. The topological polar surface area (TPSA) is 120 Å². The van der Waals surface area contributed by atoms with Crippen LogP contribution in [0.15, 0.2) is 61.2 Å². The van der Waals surface area contributed by atoms with E-state index in [1.807, 2.05) is 31.2 Å². The summed E-state index contributed by atoms with van der Waals surface area (Å²) in [5, 5.41) is 15.0. The van der Waals surface area contributed by atoms with Gasteiger partial charge >= 0.3 is 0 Å². The minimum atomic E-state index is -0.112. The average molecular weight is 411 g/mol. The Labute approximate surface area is 169 Å². The summed E-state index contributed by atoms with van der Waals surface area (Å²) in [5.74, 6) is 2.00. The Bertz CT molecular complexity index is 1070. The summed E-state index contributed by atoms with van der Waals surface area (Å²) in [6, 6.07) is 11.1. The molecule has 29 heavy (non-hydrogen) atoms. The number of amides is 1.